The van der Waals surface area contributed by atoms with Gasteiger partial charge in [-0.2, -0.15) is 11.8 Å². The largest absolute Gasteiger partial charge is 0.492 e. The SMILES string of the molecule is CSCCCCNS(=O)(=O)c1cc(N)cc2c1OCCC2. The minimum absolute atomic E-state index is 0.169. The topological polar surface area (TPSA) is 81.4 Å². The third kappa shape index (κ3) is 4.28. The van der Waals surface area contributed by atoms with Crippen LogP contribution in [-0.2, 0) is 16.4 Å². The fraction of sp³-hybridized carbons (Fsp3) is 0.571. The standard InChI is InChI=1S/C14H22N2O3S2/c1-20-8-3-2-6-16-21(17,18)13-10-12(15)9-11-5-4-7-19-14(11)13/h9-10,16H,2-8,15H2,1H3. The average Bonchev–Trinajstić information content (AvgIpc) is 2.46. The Morgan fingerprint density at radius 3 is 2.95 bits per heavy atom. The number of hydrogen-bond donors (Lipinski definition) is 2. The summed E-state index contributed by atoms with van der Waals surface area (Å²) in [6.07, 6.45) is 5.55. The maximum Gasteiger partial charge on any atom is 0.244 e. The summed E-state index contributed by atoms with van der Waals surface area (Å²) in [5, 5.41) is 0. The van der Waals surface area contributed by atoms with Crippen molar-refractivity contribution in [2.75, 3.05) is 30.9 Å². The van der Waals surface area contributed by atoms with Crippen molar-refractivity contribution in [3.8, 4) is 5.75 Å². The molecule has 1 aromatic rings. The highest BCUT2D eigenvalue weighted by Crippen LogP contribution is 2.34. The van der Waals surface area contributed by atoms with Crippen LogP contribution in [0.25, 0.3) is 0 Å². The maximum absolute atomic E-state index is 12.4. The molecule has 0 amide bonds. The van der Waals surface area contributed by atoms with Crippen molar-refractivity contribution in [2.45, 2.75) is 30.6 Å². The lowest BCUT2D eigenvalue weighted by Gasteiger charge is -2.21. The maximum atomic E-state index is 12.4. The lowest BCUT2D eigenvalue weighted by Crippen LogP contribution is -2.26. The molecule has 5 nitrogen and oxygen atoms in total. The van der Waals surface area contributed by atoms with E-state index in [0.29, 0.717) is 24.6 Å². The van der Waals surface area contributed by atoms with E-state index >= 15 is 0 Å². The van der Waals surface area contributed by atoms with Crippen LogP contribution < -0.4 is 15.2 Å². The van der Waals surface area contributed by atoms with E-state index in [-0.39, 0.29) is 4.90 Å². The van der Waals surface area contributed by atoms with Crippen molar-refractivity contribution < 1.29 is 13.2 Å². The van der Waals surface area contributed by atoms with Gasteiger partial charge in [-0.3, -0.25) is 0 Å². The number of nitrogens with one attached hydrogen (secondary N) is 1. The normalized spacial score (nSPS) is 14.5. The van der Waals surface area contributed by atoms with Gasteiger partial charge in [0.05, 0.1) is 6.61 Å². The van der Waals surface area contributed by atoms with Crippen molar-refractivity contribution in [3.05, 3.63) is 17.7 Å². The van der Waals surface area contributed by atoms with Crippen LogP contribution in [0.3, 0.4) is 0 Å². The molecule has 1 aromatic carbocycles. The molecule has 21 heavy (non-hydrogen) atoms. The number of sulfonamides is 1. The number of anilines is 1. The molecule has 0 spiro atoms. The second-order valence-corrected chi connectivity index (χ2v) is 7.78. The predicted molar refractivity (Wildman–Crippen MR) is 87.5 cm³/mol. The van der Waals surface area contributed by atoms with Crippen LogP contribution in [0.1, 0.15) is 24.8 Å². The van der Waals surface area contributed by atoms with E-state index < -0.39 is 10.0 Å². The highest BCUT2D eigenvalue weighted by molar-refractivity contribution is 7.98. The Kier molecular flexibility index (Phi) is 5.78. The van der Waals surface area contributed by atoms with E-state index in [0.717, 1.165) is 37.0 Å². The summed E-state index contributed by atoms with van der Waals surface area (Å²) in [6.45, 7) is 0.986. The number of aryl methyl sites for hydroxylation is 1. The Morgan fingerprint density at radius 2 is 2.19 bits per heavy atom. The van der Waals surface area contributed by atoms with Crippen LogP contribution in [0.15, 0.2) is 17.0 Å². The van der Waals surface area contributed by atoms with Crippen LogP contribution in [0.4, 0.5) is 5.69 Å². The second-order valence-electron chi connectivity index (χ2n) is 5.06. The van der Waals surface area contributed by atoms with E-state index in [4.69, 9.17) is 10.5 Å². The summed E-state index contributed by atoms with van der Waals surface area (Å²) >= 11 is 1.76. The first-order valence-corrected chi connectivity index (χ1v) is 9.96. The van der Waals surface area contributed by atoms with E-state index in [1.807, 2.05) is 6.26 Å². The van der Waals surface area contributed by atoms with Gasteiger partial charge in [0, 0.05) is 12.2 Å². The van der Waals surface area contributed by atoms with E-state index in [9.17, 15) is 8.42 Å². The molecule has 7 heteroatoms. The van der Waals surface area contributed by atoms with Gasteiger partial charge in [-0.1, -0.05) is 0 Å². The Balaban J connectivity index is 2.14. The highest BCUT2D eigenvalue weighted by atomic mass is 32.2. The molecule has 118 valence electrons. The third-order valence-electron chi connectivity index (χ3n) is 3.35. The Morgan fingerprint density at radius 1 is 1.38 bits per heavy atom. The van der Waals surface area contributed by atoms with Gasteiger partial charge in [0.15, 0.2) is 0 Å². The highest BCUT2D eigenvalue weighted by Gasteiger charge is 2.24. The van der Waals surface area contributed by atoms with Crippen molar-refractivity contribution in [1.29, 1.82) is 0 Å². The average molecular weight is 330 g/mol. The molecule has 0 fully saturated rings. The first-order chi connectivity index (χ1) is 10.0. The van der Waals surface area contributed by atoms with Gasteiger partial charge in [-0.25, -0.2) is 13.1 Å². The zero-order valence-corrected chi connectivity index (χ0v) is 13.9. The molecule has 1 heterocycles. The van der Waals surface area contributed by atoms with Crippen molar-refractivity contribution in [3.63, 3.8) is 0 Å². The molecule has 0 saturated carbocycles. The van der Waals surface area contributed by atoms with Crippen LogP contribution in [0.5, 0.6) is 5.75 Å². The minimum atomic E-state index is -3.57. The smallest absolute Gasteiger partial charge is 0.244 e. The zero-order chi connectivity index (χ0) is 15.3. The summed E-state index contributed by atoms with van der Waals surface area (Å²) in [4.78, 5) is 0.169. The first kappa shape index (κ1) is 16.5. The molecule has 0 aromatic heterocycles. The quantitative estimate of drug-likeness (QED) is 0.590. The molecule has 0 saturated heterocycles. The van der Waals surface area contributed by atoms with Crippen LogP contribution >= 0.6 is 11.8 Å². The number of benzene rings is 1. The molecule has 2 rings (SSSR count). The molecule has 0 atom stereocenters. The Bertz CT molecular complexity index is 588. The summed E-state index contributed by atoms with van der Waals surface area (Å²) in [6, 6.07) is 3.28. The fourth-order valence-corrected chi connectivity index (χ4v) is 4.11. The van der Waals surface area contributed by atoms with Gasteiger partial charge < -0.3 is 10.5 Å². The van der Waals surface area contributed by atoms with Crippen molar-refractivity contribution in [1.82, 2.24) is 4.72 Å². The summed E-state index contributed by atoms with van der Waals surface area (Å²) in [7, 11) is -3.57. The number of fused-ring (bicyclic) bond motifs is 1. The van der Waals surface area contributed by atoms with Gasteiger partial charge in [-0.15, -0.1) is 0 Å². The molecule has 1 aliphatic heterocycles. The molecule has 0 aliphatic carbocycles. The van der Waals surface area contributed by atoms with Gasteiger partial charge in [0.1, 0.15) is 10.6 Å². The van der Waals surface area contributed by atoms with Crippen LogP contribution in [0, 0.1) is 0 Å². The number of rotatable bonds is 7. The second kappa shape index (κ2) is 7.38. The number of nitrogen functional groups attached to an aromatic ring is 1. The van der Waals surface area contributed by atoms with Gasteiger partial charge >= 0.3 is 0 Å². The molecule has 0 unspecified atom stereocenters. The molecule has 0 radical (unpaired) electrons. The molecule has 0 bridgehead atoms. The molecule has 3 N–H and O–H groups in total. The number of thioether (sulfide) groups is 1. The minimum Gasteiger partial charge on any atom is -0.492 e. The number of ether oxygens (including phenoxy) is 1. The van der Waals surface area contributed by atoms with Gasteiger partial charge in [0.2, 0.25) is 10.0 Å². The number of unbranched alkanes of at least 4 members (excludes halogenated alkanes) is 1. The van der Waals surface area contributed by atoms with E-state index in [2.05, 4.69) is 4.72 Å². The monoisotopic (exact) mass is 330 g/mol. The third-order valence-corrected chi connectivity index (χ3v) is 5.51. The molecular weight excluding hydrogens is 308 g/mol. The lowest BCUT2D eigenvalue weighted by atomic mass is 10.1. The Labute approximate surface area is 130 Å². The molecule has 1 aliphatic rings. The van der Waals surface area contributed by atoms with Crippen molar-refractivity contribution in [2.24, 2.45) is 0 Å². The van der Waals surface area contributed by atoms with Crippen LogP contribution in [0.2, 0.25) is 0 Å². The van der Waals surface area contributed by atoms with E-state index in [1.165, 1.54) is 6.07 Å². The van der Waals surface area contributed by atoms with Crippen LogP contribution in [-0.4, -0.2) is 33.6 Å². The number of nitrogens with two attached hydrogens (primary N) is 1. The number of hydrogen-bond acceptors (Lipinski definition) is 5. The van der Waals surface area contributed by atoms with Crippen molar-refractivity contribution >= 4 is 27.5 Å². The lowest BCUT2D eigenvalue weighted by molar-refractivity contribution is 0.280. The summed E-state index contributed by atoms with van der Waals surface area (Å²) in [5.41, 5.74) is 7.16. The molecular formula is C14H22N2O3S2. The van der Waals surface area contributed by atoms with Gasteiger partial charge in [-0.05, 0) is 55.4 Å². The zero-order valence-electron chi connectivity index (χ0n) is 12.2. The predicted octanol–water partition coefficient (Wildman–Crippen LogP) is 2.02. The van der Waals surface area contributed by atoms with E-state index in [1.54, 1.807) is 17.8 Å². The summed E-state index contributed by atoms with van der Waals surface area (Å²) in [5.74, 6) is 1.51. The van der Waals surface area contributed by atoms with Gasteiger partial charge in [0.25, 0.3) is 0 Å². The Hall–Kier alpha value is -0.920. The first-order valence-electron chi connectivity index (χ1n) is 7.08. The fourth-order valence-electron chi connectivity index (χ4n) is 2.33. The summed E-state index contributed by atoms with van der Waals surface area (Å²) < 4.78 is 33.1.